The first kappa shape index (κ1) is 15.6. The molecule has 1 heterocycles. The van der Waals surface area contributed by atoms with Crippen LogP contribution in [0.25, 0.3) is 0 Å². The summed E-state index contributed by atoms with van der Waals surface area (Å²) < 4.78 is 0. The number of hydrogen-bond acceptors (Lipinski definition) is 2. The van der Waals surface area contributed by atoms with Crippen LogP contribution in [-0.2, 0) is 12.8 Å². The molecule has 0 spiro atoms. The van der Waals surface area contributed by atoms with Gasteiger partial charge in [-0.05, 0) is 67.4 Å². The maximum atomic E-state index is 6.08. The molecular weight excluding hydrogens is 286 g/mol. The van der Waals surface area contributed by atoms with Gasteiger partial charge in [-0.25, -0.2) is 0 Å². The van der Waals surface area contributed by atoms with Crippen molar-refractivity contribution < 1.29 is 0 Å². The molecule has 1 N–H and O–H groups in total. The third kappa shape index (κ3) is 5.28. The third-order valence-electron chi connectivity index (χ3n) is 3.34. The number of thiophene rings is 1. The minimum Gasteiger partial charge on any atom is -0.316 e. The Morgan fingerprint density at radius 2 is 2.10 bits per heavy atom. The Labute approximate surface area is 131 Å². The van der Waals surface area contributed by atoms with Crippen LogP contribution in [0.4, 0.5) is 0 Å². The molecule has 1 aromatic carbocycles. The van der Waals surface area contributed by atoms with Crippen LogP contribution < -0.4 is 5.32 Å². The Morgan fingerprint density at radius 3 is 2.80 bits per heavy atom. The van der Waals surface area contributed by atoms with Crippen LogP contribution in [0.1, 0.15) is 23.8 Å². The number of nitrogens with one attached hydrogen (secondary N) is 1. The summed E-state index contributed by atoms with van der Waals surface area (Å²) in [6.07, 6.45) is 3.40. The molecule has 20 heavy (non-hydrogen) atoms. The summed E-state index contributed by atoms with van der Waals surface area (Å²) in [4.78, 5) is 1.47. The molecular formula is C17H22ClNS. The van der Waals surface area contributed by atoms with E-state index in [0.29, 0.717) is 5.92 Å². The molecule has 0 saturated carbocycles. The lowest BCUT2D eigenvalue weighted by molar-refractivity contribution is 0.473. The molecule has 1 nitrogen and oxygen atoms in total. The van der Waals surface area contributed by atoms with Gasteiger partial charge >= 0.3 is 0 Å². The molecule has 0 fully saturated rings. The highest BCUT2D eigenvalue weighted by molar-refractivity contribution is 7.09. The minimum atomic E-state index is 0.624. The van der Waals surface area contributed by atoms with Gasteiger partial charge in [0.05, 0.1) is 0 Å². The van der Waals surface area contributed by atoms with Crippen molar-refractivity contribution in [3.8, 4) is 0 Å². The fourth-order valence-electron chi connectivity index (χ4n) is 2.41. The van der Waals surface area contributed by atoms with E-state index < -0.39 is 0 Å². The molecule has 1 unspecified atom stereocenters. The molecule has 0 bridgehead atoms. The van der Waals surface area contributed by atoms with Crippen LogP contribution in [0.3, 0.4) is 0 Å². The highest BCUT2D eigenvalue weighted by Crippen LogP contribution is 2.19. The summed E-state index contributed by atoms with van der Waals surface area (Å²) in [6, 6.07) is 12.6. The molecule has 2 rings (SSSR count). The Bertz CT molecular complexity index is 495. The standard InChI is InChI=1S/C17H22ClNS/c1-2-8-19-13-15(12-17-7-4-9-20-17)10-14-5-3-6-16(18)11-14/h3-7,9,11,15,19H,2,8,10,12-13H2,1H3. The highest BCUT2D eigenvalue weighted by atomic mass is 35.5. The molecule has 0 aliphatic heterocycles. The largest absolute Gasteiger partial charge is 0.316 e. The van der Waals surface area contributed by atoms with Crippen LogP contribution in [0, 0.1) is 5.92 Å². The molecule has 1 aromatic heterocycles. The smallest absolute Gasteiger partial charge is 0.0408 e. The van der Waals surface area contributed by atoms with Gasteiger partial charge < -0.3 is 5.32 Å². The van der Waals surface area contributed by atoms with E-state index in [1.54, 1.807) is 0 Å². The number of hydrogen-bond donors (Lipinski definition) is 1. The zero-order valence-electron chi connectivity index (χ0n) is 11.9. The van der Waals surface area contributed by atoms with Crippen molar-refractivity contribution in [2.24, 2.45) is 5.92 Å². The fraction of sp³-hybridized carbons (Fsp3) is 0.412. The molecule has 0 aliphatic carbocycles. The second-order valence-corrected chi connectivity index (χ2v) is 6.66. The quantitative estimate of drug-likeness (QED) is 0.691. The molecule has 0 radical (unpaired) electrons. The molecule has 108 valence electrons. The summed E-state index contributed by atoms with van der Waals surface area (Å²) in [6.45, 7) is 4.37. The van der Waals surface area contributed by atoms with Gasteiger partial charge in [0, 0.05) is 9.90 Å². The van der Waals surface area contributed by atoms with Gasteiger partial charge in [0.15, 0.2) is 0 Å². The number of rotatable bonds is 8. The first-order valence-corrected chi connectivity index (χ1v) is 8.51. The average Bonchev–Trinajstić information content (AvgIpc) is 2.92. The Balaban J connectivity index is 1.97. The van der Waals surface area contributed by atoms with Gasteiger partial charge in [0.25, 0.3) is 0 Å². The van der Waals surface area contributed by atoms with Gasteiger partial charge in [0.2, 0.25) is 0 Å². The van der Waals surface area contributed by atoms with E-state index in [-0.39, 0.29) is 0 Å². The molecule has 0 saturated heterocycles. The summed E-state index contributed by atoms with van der Waals surface area (Å²) in [5.41, 5.74) is 1.33. The second-order valence-electron chi connectivity index (χ2n) is 5.19. The SMILES string of the molecule is CCCNCC(Cc1cccc(Cl)c1)Cc1cccs1. The first-order valence-electron chi connectivity index (χ1n) is 7.25. The Morgan fingerprint density at radius 1 is 1.20 bits per heavy atom. The van der Waals surface area contributed by atoms with Gasteiger partial charge in [0.1, 0.15) is 0 Å². The fourth-order valence-corrected chi connectivity index (χ4v) is 3.44. The molecule has 2 aromatic rings. The van der Waals surface area contributed by atoms with Crippen molar-refractivity contribution in [2.75, 3.05) is 13.1 Å². The van der Waals surface area contributed by atoms with E-state index in [1.165, 1.54) is 16.9 Å². The molecule has 1 atom stereocenters. The number of halogens is 1. The lowest BCUT2D eigenvalue weighted by Crippen LogP contribution is -2.26. The highest BCUT2D eigenvalue weighted by Gasteiger charge is 2.11. The maximum Gasteiger partial charge on any atom is 0.0408 e. The average molecular weight is 308 g/mol. The summed E-state index contributed by atoms with van der Waals surface area (Å²) in [5, 5.41) is 6.54. The van der Waals surface area contributed by atoms with E-state index in [1.807, 2.05) is 23.5 Å². The summed E-state index contributed by atoms with van der Waals surface area (Å²) in [5.74, 6) is 0.624. The van der Waals surface area contributed by atoms with E-state index in [2.05, 4.69) is 41.9 Å². The summed E-state index contributed by atoms with van der Waals surface area (Å²) >= 11 is 7.93. The first-order chi connectivity index (χ1) is 9.78. The molecule has 0 aliphatic rings. The van der Waals surface area contributed by atoms with Crippen LogP contribution in [-0.4, -0.2) is 13.1 Å². The third-order valence-corrected chi connectivity index (χ3v) is 4.48. The van der Waals surface area contributed by atoms with E-state index in [9.17, 15) is 0 Å². The topological polar surface area (TPSA) is 12.0 Å². The zero-order chi connectivity index (χ0) is 14.2. The van der Waals surface area contributed by atoms with Crippen LogP contribution in [0.5, 0.6) is 0 Å². The predicted molar refractivity (Wildman–Crippen MR) is 89.8 cm³/mol. The van der Waals surface area contributed by atoms with Crippen molar-refractivity contribution in [2.45, 2.75) is 26.2 Å². The predicted octanol–water partition coefficient (Wildman–Crippen LogP) is 4.80. The van der Waals surface area contributed by atoms with Crippen molar-refractivity contribution in [1.29, 1.82) is 0 Å². The van der Waals surface area contributed by atoms with Gasteiger partial charge in [-0.2, -0.15) is 0 Å². The van der Waals surface area contributed by atoms with Crippen LogP contribution >= 0.6 is 22.9 Å². The zero-order valence-corrected chi connectivity index (χ0v) is 13.5. The van der Waals surface area contributed by atoms with Crippen molar-refractivity contribution in [3.05, 3.63) is 57.2 Å². The van der Waals surface area contributed by atoms with Crippen LogP contribution in [0.15, 0.2) is 41.8 Å². The minimum absolute atomic E-state index is 0.624. The maximum absolute atomic E-state index is 6.08. The summed E-state index contributed by atoms with van der Waals surface area (Å²) in [7, 11) is 0. The van der Waals surface area contributed by atoms with Crippen molar-refractivity contribution >= 4 is 22.9 Å². The van der Waals surface area contributed by atoms with Crippen LogP contribution in [0.2, 0.25) is 5.02 Å². The monoisotopic (exact) mass is 307 g/mol. The lowest BCUT2D eigenvalue weighted by Gasteiger charge is -2.17. The van der Waals surface area contributed by atoms with E-state index in [4.69, 9.17) is 11.6 Å². The van der Waals surface area contributed by atoms with E-state index >= 15 is 0 Å². The Kier molecular flexibility index (Phi) is 6.58. The van der Waals surface area contributed by atoms with Gasteiger partial charge in [-0.1, -0.05) is 36.7 Å². The van der Waals surface area contributed by atoms with Gasteiger partial charge in [-0.15, -0.1) is 11.3 Å². The second kappa shape index (κ2) is 8.46. The van der Waals surface area contributed by atoms with Gasteiger partial charge in [-0.3, -0.25) is 0 Å². The molecule has 0 amide bonds. The lowest BCUT2D eigenvalue weighted by atomic mass is 9.95. The van der Waals surface area contributed by atoms with E-state index in [0.717, 1.165) is 31.0 Å². The normalized spacial score (nSPS) is 12.5. The molecule has 3 heteroatoms. The van der Waals surface area contributed by atoms with Crippen molar-refractivity contribution in [3.63, 3.8) is 0 Å². The van der Waals surface area contributed by atoms with Crippen molar-refractivity contribution in [1.82, 2.24) is 5.32 Å². The number of benzene rings is 1. The Hall–Kier alpha value is -0.830.